The van der Waals surface area contributed by atoms with Crippen molar-refractivity contribution in [3.8, 4) is 5.75 Å². The highest BCUT2D eigenvalue weighted by atomic mass is 16.5. The summed E-state index contributed by atoms with van der Waals surface area (Å²) in [5.41, 5.74) is 1.14. The molecule has 1 aliphatic rings. The Bertz CT molecular complexity index is 474. The van der Waals surface area contributed by atoms with Gasteiger partial charge in [-0.15, -0.1) is 0 Å². The second kappa shape index (κ2) is 8.15. The number of hydrogen-bond donors (Lipinski definition) is 0. The molecule has 0 spiro atoms. The molecular formula is C17H25NO4. The summed E-state index contributed by atoms with van der Waals surface area (Å²) in [5.74, 6) is 0.995. The van der Waals surface area contributed by atoms with Crippen LogP contribution in [0.4, 0.5) is 0 Å². The molecule has 2 rings (SSSR count). The summed E-state index contributed by atoms with van der Waals surface area (Å²) in [5, 5.41) is 0. The Balaban J connectivity index is 1.89. The van der Waals surface area contributed by atoms with Gasteiger partial charge in [-0.2, -0.15) is 0 Å². The molecule has 1 heterocycles. The molecule has 122 valence electrons. The van der Waals surface area contributed by atoms with Gasteiger partial charge in [0.05, 0.1) is 25.9 Å². The van der Waals surface area contributed by atoms with E-state index in [4.69, 9.17) is 14.2 Å². The number of methoxy groups -OCH3 is 3. The third kappa shape index (κ3) is 4.21. The van der Waals surface area contributed by atoms with Crippen LogP contribution in [-0.2, 0) is 20.7 Å². The maximum Gasteiger partial charge on any atom is 0.223 e. The number of hydrogen-bond acceptors (Lipinski definition) is 4. The van der Waals surface area contributed by atoms with Gasteiger partial charge in [0.25, 0.3) is 0 Å². The van der Waals surface area contributed by atoms with E-state index >= 15 is 0 Å². The van der Waals surface area contributed by atoms with Crippen LogP contribution in [0.25, 0.3) is 0 Å². The van der Waals surface area contributed by atoms with Gasteiger partial charge in [0.15, 0.2) is 0 Å². The first-order valence-electron chi connectivity index (χ1n) is 7.62. The zero-order valence-electron chi connectivity index (χ0n) is 13.6. The number of likely N-dealkylation sites (tertiary alicyclic amines) is 1. The number of carbonyl (C=O) groups is 1. The molecule has 0 aromatic heterocycles. The van der Waals surface area contributed by atoms with Crippen LogP contribution in [0, 0.1) is 0 Å². The summed E-state index contributed by atoms with van der Waals surface area (Å²) in [6.45, 7) is 1.22. The molecule has 0 bridgehead atoms. The predicted octanol–water partition coefficient (Wildman–Crippen LogP) is 1.89. The van der Waals surface area contributed by atoms with Gasteiger partial charge in [0.2, 0.25) is 5.91 Å². The number of carbonyl (C=O) groups excluding carboxylic acids is 1. The first kappa shape index (κ1) is 16.8. The molecule has 0 unspecified atom stereocenters. The van der Waals surface area contributed by atoms with E-state index in [0.717, 1.165) is 24.2 Å². The van der Waals surface area contributed by atoms with Gasteiger partial charge in [0, 0.05) is 27.2 Å². The molecule has 0 saturated carbocycles. The predicted molar refractivity (Wildman–Crippen MR) is 84.1 cm³/mol. The summed E-state index contributed by atoms with van der Waals surface area (Å²) in [6, 6.07) is 7.97. The van der Waals surface area contributed by atoms with E-state index in [0.29, 0.717) is 19.6 Å². The largest absolute Gasteiger partial charge is 0.497 e. The number of rotatable bonds is 7. The second-order valence-electron chi connectivity index (χ2n) is 5.60. The normalized spacial score (nSPS) is 21.1. The molecule has 1 aromatic rings. The van der Waals surface area contributed by atoms with Crippen molar-refractivity contribution < 1.29 is 19.0 Å². The third-order valence-electron chi connectivity index (χ3n) is 4.18. The monoisotopic (exact) mass is 307 g/mol. The minimum absolute atomic E-state index is 0.116. The standard InChI is InChI=1S/C17H25NO4/c1-20-12-14-10-16(22-3)11-18(14)17(19)9-6-13-4-7-15(21-2)8-5-13/h4-5,7-8,14,16H,6,9-12H2,1-3H3/t14-,16-/m0/s1. The lowest BCUT2D eigenvalue weighted by atomic mass is 10.1. The lowest BCUT2D eigenvalue weighted by Crippen LogP contribution is -2.38. The van der Waals surface area contributed by atoms with E-state index in [2.05, 4.69) is 0 Å². The maximum atomic E-state index is 12.5. The number of amides is 1. The minimum atomic E-state index is 0.116. The van der Waals surface area contributed by atoms with Gasteiger partial charge in [-0.25, -0.2) is 0 Å². The van der Waals surface area contributed by atoms with E-state index in [9.17, 15) is 4.79 Å². The molecule has 2 atom stereocenters. The van der Waals surface area contributed by atoms with Crippen molar-refractivity contribution in [2.45, 2.75) is 31.4 Å². The SMILES string of the molecule is COC[C@@H]1C[C@H](OC)CN1C(=O)CCc1ccc(OC)cc1. The van der Waals surface area contributed by atoms with Crippen molar-refractivity contribution in [1.82, 2.24) is 4.90 Å². The minimum Gasteiger partial charge on any atom is -0.497 e. The van der Waals surface area contributed by atoms with Gasteiger partial charge in [-0.1, -0.05) is 12.1 Å². The van der Waals surface area contributed by atoms with Crippen LogP contribution in [0.1, 0.15) is 18.4 Å². The summed E-state index contributed by atoms with van der Waals surface area (Å²) in [6.07, 6.45) is 2.20. The molecule has 0 N–H and O–H groups in total. The Labute approximate surface area is 132 Å². The highest BCUT2D eigenvalue weighted by Gasteiger charge is 2.34. The summed E-state index contributed by atoms with van der Waals surface area (Å²) in [4.78, 5) is 14.4. The van der Waals surface area contributed by atoms with Crippen molar-refractivity contribution in [3.63, 3.8) is 0 Å². The van der Waals surface area contributed by atoms with Gasteiger partial charge in [-0.3, -0.25) is 4.79 Å². The van der Waals surface area contributed by atoms with Crippen molar-refractivity contribution >= 4 is 5.91 Å². The smallest absolute Gasteiger partial charge is 0.223 e. The average molecular weight is 307 g/mol. The molecule has 0 aliphatic carbocycles. The van der Waals surface area contributed by atoms with Crippen molar-refractivity contribution in [2.24, 2.45) is 0 Å². The van der Waals surface area contributed by atoms with Crippen molar-refractivity contribution in [1.29, 1.82) is 0 Å². The van der Waals surface area contributed by atoms with Crippen LogP contribution in [0.2, 0.25) is 0 Å². The zero-order chi connectivity index (χ0) is 15.9. The number of ether oxygens (including phenoxy) is 3. The molecular weight excluding hydrogens is 282 g/mol. The molecule has 5 heteroatoms. The lowest BCUT2D eigenvalue weighted by molar-refractivity contribution is -0.133. The van der Waals surface area contributed by atoms with Gasteiger partial charge < -0.3 is 19.1 Å². The number of aryl methyl sites for hydroxylation is 1. The summed E-state index contributed by atoms with van der Waals surface area (Å²) >= 11 is 0. The molecule has 0 radical (unpaired) electrons. The summed E-state index contributed by atoms with van der Waals surface area (Å²) < 4.78 is 15.8. The fourth-order valence-corrected chi connectivity index (χ4v) is 2.89. The number of nitrogens with zero attached hydrogens (tertiary/aromatic N) is 1. The molecule has 1 fully saturated rings. The Morgan fingerprint density at radius 2 is 1.95 bits per heavy atom. The Kier molecular flexibility index (Phi) is 6.21. The van der Waals surface area contributed by atoms with Gasteiger partial charge in [0.1, 0.15) is 5.75 Å². The van der Waals surface area contributed by atoms with Crippen LogP contribution < -0.4 is 4.74 Å². The Hall–Kier alpha value is -1.59. The molecule has 5 nitrogen and oxygen atoms in total. The zero-order valence-corrected chi connectivity index (χ0v) is 13.6. The van der Waals surface area contributed by atoms with Crippen LogP contribution in [-0.4, -0.2) is 57.4 Å². The first-order valence-corrected chi connectivity index (χ1v) is 7.62. The van der Waals surface area contributed by atoms with E-state index in [1.54, 1.807) is 21.3 Å². The van der Waals surface area contributed by atoms with Gasteiger partial charge in [-0.05, 0) is 30.5 Å². The van der Waals surface area contributed by atoms with E-state index in [-0.39, 0.29) is 18.1 Å². The fourth-order valence-electron chi connectivity index (χ4n) is 2.89. The van der Waals surface area contributed by atoms with E-state index < -0.39 is 0 Å². The Morgan fingerprint density at radius 1 is 1.23 bits per heavy atom. The van der Waals surface area contributed by atoms with Crippen LogP contribution in [0.15, 0.2) is 24.3 Å². The molecule has 22 heavy (non-hydrogen) atoms. The van der Waals surface area contributed by atoms with E-state index in [1.807, 2.05) is 29.2 Å². The molecule has 1 amide bonds. The quantitative estimate of drug-likeness (QED) is 0.772. The van der Waals surface area contributed by atoms with Crippen LogP contribution in [0.5, 0.6) is 5.75 Å². The highest BCUT2D eigenvalue weighted by Crippen LogP contribution is 2.22. The molecule has 1 saturated heterocycles. The second-order valence-corrected chi connectivity index (χ2v) is 5.60. The van der Waals surface area contributed by atoms with Crippen LogP contribution in [0.3, 0.4) is 0 Å². The first-order chi connectivity index (χ1) is 10.7. The summed E-state index contributed by atoms with van der Waals surface area (Å²) in [7, 11) is 5.01. The van der Waals surface area contributed by atoms with Crippen LogP contribution >= 0.6 is 0 Å². The third-order valence-corrected chi connectivity index (χ3v) is 4.18. The molecule has 1 aromatic carbocycles. The Morgan fingerprint density at radius 3 is 2.55 bits per heavy atom. The highest BCUT2D eigenvalue weighted by molar-refractivity contribution is 5.77. The number of benzene rings is 1. The topological polar surface area (TPSA) is 48.0 Å². The molecule has 1 aliphatic heterocycles. The average Bonchev–Trinajstić information content (AvgIpc) is 2.96. The fraction of sp³-hybridized carbons (Fsp3) is 0.588. The maximum absolute atomic E-state index is 12.5. The van der Waals surface area contributed by atoms with Crippen molar-refractivity contribution in [2.75, 3.05) is 34.5 Å². The van der Waals surface area contributed by atoms with E-state index in [1.165, 1.54) is 0 Å². The van der Waals surface area contributed by atoms with Crippen molar-refractivity contribution in [3.05, 3.63) is 29.8 Å². The lowest BCUT2D eigenvalue weighted by Gasteiger charge is -2.23. The van der Waals surface area contributed by atoms with Gasteiger partial charge >= 0.3 is 0 Å².